The molecule has 0 aromatic carbocycles. The maximum atomic E-state index is 8.15. The monoisotopic (exact) mass is 227 g/mol. The number of halogens is 2. The fourth-order valence-electron chi connectivity index (χ4n) is 0.533. The molecule has 5 heteroatoms. The predicted octanol–water partition coefficient (Wildman–Crippen LogP) is 1.66. The molecule has 0 bridgehead atoms. The lowest BCUT2D eigenvalue weighted by molar-refractivity contribution is 0.241. The van der Waals surface area contributed by atoms with E-state index in [0.29, 0.717) is 7.69 Å². The van der Waals surface area contributed by atoms with E-state index in [1.807, 2.05) is 0 Å². The summed E-state index contributed by atoms with van der Waals surface area (Å²) >= 11 is 8.89. The topological polar surface area (TPSA) is 29.5 Å². The second kappa shape index (κ2) is 7.86. The molecule has 0 aliphatic heterocycles. The van der Waals surface area contributed by atoms with E-state index in [-0.39, 0.29) is 5.56 Å². The second-order valence-electron chi connectivity index (χ2n) is 1.84. The fourth-order valence-corrected chi connectivity index (χ4v) is 1.13. The van der Waals surface area contributed by atoms with Gasteiger partial charge in [-0.05, 0) is 19.3 Å². The number of hydrogen-bond donors (Lipinski definition) is 1. The van der Waals surface area contributed by atoms with Crippen molar-refractivity contribution in [1.29, 1.82) is 0 Å². The zero-order valence-corrected chi connectivity index (χ0v) is 7.94. The molecule has 0 aliphatic carbocycles. The second-order valence-corrected chi connectivity index (χ2v) is 3.12. The Morgan fingerprint density at radius 1 is 1.60 bits per heavy atom. The Bertz CT molecular complexity index is 76.7. The maximum Gasteiger partial charge on any atom is 0.486 e. The van der Waals surface area contributed by atoms with Gasteiger partial charge in [-0.2, -0.15) is 0 Å². The van der Waals surface area contributed by atoms with Gasteiger partial charge in [0, 0.05) is 5.33 Å². The fraction of sp³-hybridized carbons (Fsp3) is 1.00. The molecule has 1 unspecified atom stereocenters. The average Bonchev–Trinajstić information content (AvgIpc) is 1.89. The van der Waals surface area contributed by atoms with Crippen LogP contribution >= 0.6 is 27.5 Å². The first-order valence-corrected chi connectivity index (χ1v) is 4.68. The summed E-state index contributed by atoms with van der Waals surface area (Å²) in [6.45, 7) is 0. The van der Waals surface area contributed by atoms with E-state index in [1.165, 1.54) is 0 Å². The number of unbranched alkanes of at least 4 members (excludes halogenated alkanes) is 1. The van der Waals surface area contributed by atoms with Gasteiger partial charge in [-0.3, -0.25) is 0 Å². The Kier molecular flexibility index (Phi) is 8.45. The van der Waals surface area contributed by atoms with Crippen LogP contribution in [0.2, 0.25) is 0 Å². The van der Waals surface area contributed by atoms with Crippen LogP contribution in [0.15, 0.2) is 0 Å². The van der Waals surface area contributed by atoms with Gasteiger partial charge in [0.25, 0.3) is 0 Å². The Labute approximate surface area is 75.3 Å². The lowest BCUT2D eigenvalue weighted by Crippen LogP contribution is -2.08. The van der Waals surface area contributed by atoms with Crippen molar-refractivity contribution in [3.63, 3.8) is 0 Å². The van der Waals surface area contributed by atoms with Crippen LogP contribution in [0.5, 0.6) is 0 Å². The molecule has 0 rings (SSSR count). The van der Waals surface area contributed by atoms with Gasteiger partial charge >= 0.3 is 7.69 Å². The summed E-state index contributed by atoms with van der Waals surface area (Å²) in [5, 5.41) is 9.14. The Balaban J connectivity index is 2.97. The molecule has 59 valence electrons. The van der Waals surface area contributed by atoms with Crippen molar-refractivity contribution in [2.75, 3.05) is 5.33 Å². The van der Waals surface area contributed by atoms with Crippen molar-refractivity contribution in [2.45, 2.75) is 24.8 Å². The minimum absolute atomic E-state index is 0.385. The van der Waals surface area contributed by atoms with E-state index in [0.717, 1.165) is 24.6 Å². The molecule has 0 fully saturated rings. The van der Waals surface area contributed by atoms with E-state index in [1.54, 1.807) is 0 Å². The van der Waals surface area contributed by atoms with Crippen LogP contribution in [0.25, 0.3) is 0 Å². The predicted molar refractivity (Wildman–Crippen MR) is 46.3 cm³/mol. The van der Waals surface area contributed by atoms with E-state index in [2.05, 4.69) is 20.6 Å². The highest BCUT2D eigenvalue weighted by atomic mass is 79.9. The van der Waals surface area contributed by atoms with Crippen molar-refractivity contribution >= 4 is 35.2 Å². The molecular weight excluding hydrogens is 218 g/mol. The van der Waals surface area contributed by atoms with Crippen molar-refractivity contribution < 1.29 is 9.68 Å². The molecule has 1 atom stereocenters. The van der Waals surface area contributed by atoms with Crippen LogP contribution in [0.3, 0.4) is 0 Å². The van der Waals surface area contributed by atoms with Gasteiger partial charge in [0.05, 0.1) is 0 Å². The third-order valence-electron chi connectivity index (χ3n) is 1.02. The van der Waals surface area contributed by atoms with Gasteiger partial charge in [-0.15, -0.1) is 0 Å². The largest absolute Gasteiger partial charge is 0.486 e. The number of rotatable bonds is 6. The standard InChI is InChI=1S/C5H10BBrClO2/c7-4-2-1-3-5(8)10-6-9/h5,9H,1-4H2. The smallest absolute Gasteiger partial charge is 0.429 e. The van der Waals surface area contributed by atoms with Crippen molar-refractivity contribution in [1.82, 2.24) is 0 Å². The molecule has 0 saturated carbocycles. The zero-order valence-electron chi connectivity index (χ0n) is 5.59. The number of alkyl halides is 2. The van der Waals surface area contributed by atoms with Gasteiger partial charge in [-0.25, -0.2) is 0 Å². The highest BCUT2D eigenvalue weighted by Crippen LogP contribution is 2.08. The van der Waals surface area contributed by atoms with Gasteiger partial charge in [-0.1, -0.05) is 27.5 Å². The molecule has 0 aromatic rings. The molecule has 0 aromatic heterocycles. The van der Waals surface area contributed by atoms with Crippen LogP contribution in [-0.2, 0) is 4.65 Å². The maximum absolute atomic E-state index is 8.15. The van der Waals surface area contributed by atoms with Crippen molar-refractivity contribution in [3.05, 3.63) is 0 Å². The molecule has 0 spiro atoms. The summed E-state index contributed by atoms with van der Waals surface area (Å²) in [5.74, 6) is 0. The molecule has 0 saturated heterocycles. The van der Waals surface area contributed by atoms with Gasteiger partial charge in [0.15, 0.2) is 0 Å². The Morgan fingerprint density at radius 2 is 2.30 bits per heavy atom. The zero-order chi connectivity index (χ0) is 7.82. The molecule has 1 N–H and O–H groups in total. The third kappa shape index (κ3) is 6.87. The van der Waals surface area contributed by atoms with Crippen molar-refractivity contribution in [2.24, 2.45) is 0 Å². The van der Waals surface area contributed by atoms with E-state index < -0.39 is 0 Å². The summed E-state index contributed by atoms with van der Waals surface area (Å²) in [6, 6.07) is 0. The summed E-state index contributed by atoms with van der Waals surface area (Å²) in [4.78, 5) is 0. The van der Waals surface area contributed by atoms with Gasteiger partial charge in [0.2, 0.25) is 0 Å². The summed E-state index contributed by atoms with van der Waals surface area (Å²) in [6.07, 6.45) is 2.86. The molecule has 0 aliphatic rings. The quantitative estimate of drug-likeness (QED) is 0.425. The summed E-state index contributed by atoms with van der Waals surface area (Å²) in [5.41, 5.74) is -0.385. The lowest BCUT2D eigenvalue weighted by Gasteiger charge is -2.06. The number of hydrogen-bond acceptors (Lipinski definition) is 2. The third-order valence-corrected chi connectivity index (χ3v) is 1.91. The van der Waals surface area contributed by atoms with Crippen molar-refractivity contribution in [3.8, 4) is 0 Å². The first kappa shape index (κ1) is 10.8. The van der Waals surface area contributed by atoms with Gasteiger partial charge < -0.3 is 9.68 Å². The highest BCUT2D eigenvalue weighted by Gasteiger charge is 2.02. The van der Waals surface area contributed by atoms with Gasteiger partial charge in [0.1, 0.15) is 5.56 Å². The van der Waals surface area contributed by atoms with Crippen LogP contribution in [0.1, 0.15) is 19.3 Å². The van der Waals surface area contributed by atoms with Crippen LogP contribution in [0.4, 0.5) is 0 Å². The van der Waals surface area contributed by atoms with Crippen LogP contribution in [-0.4, -0.2) is 23.6 Å². The average molecular weight is 228 g/mol. The molecule has 1 radical (unpaired) electrons. The Hall–Kier alpha value is 0.755. The normalized spacial score (nSPS) is 13.1. The molecule has 0 amide bonds. The van der Waals surface area contributed by atoms with Crippen LogP contribution in [0, 0.1) is 0 Å². The van der Waals surface area contributed by atoms with E-state index in [4.69, 9.17) is 16.6 Å². The SMILES string of the molecule is O[B]OC(Cl)CCCCBr. The summed E-state index contributed by atoms with van der Waals surface area (Å²) in [7, 11) is 0.631. The first-order chi connectivity index (χ1) is 4.81. The minimum Gasteiger partial charge on any atom is -0.429 e. The van der Waals surface area contributed by atoms with E-state index in [9.17, 15) is 0 Å². The summed E-state index contributed by atoms with van der Waals surface area (Å²) < 4.78 is 4.57. The first-order valence-electron chi connectivity index (χ1n) is 3.12. The lowest BCUT2D eigenvalue weighted by atomic mass is 10.2. The molecular formula is C5H10BBrClO2. The molecule has 10 heavy (non-hydrogen) atoms. The molecule has 2 nitrogen and oxygen atoms in total. The molecule has 0 heterocycles. The highest BCUT2D eigenvalue weighted by molar-refractivity contribution is 9.09. The van der Waals surface area contributed by atoms with Crippen LogP contribution < -0.4 is 0 Å². The Morgan fingerprint density at radius 3 is 2.80 bits per heavy atom. The van der Waals surface area contributed by atoms with E-state index >= 15 is 0 Å². The minimum atomic E-state index is -0.385.